The van der Waals surface area contributed by atoms with Gasteiger partial charge >= 0.3 is 6.18 Å². The summed E-state index contributed by atoms with van der Waals surface area (Å²) in [5, 5.41) is 11.8. The molecule has 2 atom stereocenters. The van der Waals surface area contributed by atoms with E-state index in [4.69, 9.17) is 0 Å². The van der Waals surface area contributed by atoms with Gasteiger partial charge < -0.3 is 9.80 Å². The van der Waals surface area contributed by atoms with E-state index in [2.05, 4.69) is 49.4 Å². The minimum Gasteiger partial charge on any atom is -0.371 e. The lowest BCUT2D eigenvalue weighted by molar-refractivity contribution is -0.133. The second-order valence-electron chi connectivity index (χ2n) is 11.2. The van der Waals surface area contributed by atoms with Crippen LogP contribution in [0.15, 0.2) is 48.2 Å². The minimum atomic E-state index is -4.10. The quantitative estimate of drug-likeness (QED) is 0.266. The molecule has 2 unspecified atom stereocenters. The van der Waals surface area contributed by atoms with Gasteiger partial charge in [-0.1, -0.05) is 49.3 Å². The molecule has 0 spiro atoms. The van der Waals surface area contributed by atoms with Crippen molar-refractivity contribution >= 4 is 14.5 Å². The number of alkyl halides is 3. The molecule has 3 fully saturated rings. The third-order valence-corrected chi connectivity index (χ3v) is 9.16. The third-order valence-electron chi connectivity index (χ3n) is 8.80. The average molecular weight is 532 g/mol. The van der Waals surface area contributed by atoms with Gasteiger partial charge in [-0.25, -0.2) is 0 Å². The number of piperidine rings is 1. The third kappa shape index (κ3) is 6.79. The van der Waals surface area contributed by atoms with Crippen molar-refractivity contribution in [2.75, 3.05) is 32.7 Å². The molecule has 4 rings (SSSR count). The zero-order valence-electron chi connectivity index (χ0n) is 22.0. The zero-order valence-corrected chi connectivity index (χ0v) is 23.2. The molecule has 202 valence electrons. The molecule has 1 aromatic rings. The van der Waals surface area contributed by atoms with E-state index in [0.717, 1.165) is 69.4 Å². The Morgan fingerprint density at radius 3 is 2.38 bits per heavy atom. The van der Waals surface area contributed by atoms with Gasteiger partial charge in [-0.15, -0.1) is 9.24 Å². The number of halogens is 3. The molecule has 1 aliphatic carbocycles. The molecule has 0 radical (unpaired) electrons. The maximum absolute atomic E-state index is 12.4. The van der Waals surface area contributed by atoms with Gasteiger partial charge in [-0.2, -0.15) is 18.4 Å². The van der Waals surface area contributed by atoms with Crippen molar-refractivity contribution in [3.05, 3.63) is 53.8 Å². The van der Waals surface area contributed by atoms with Crippen molar-refractivity contribution in [1.82, 2.24) is 9.80 Å². The van der Waals surface area contributed by atoms with Crippen molar-refractivity contribution in [3.63, 3.8) is 0 Å². The average Bonchev–Trinajstić information content (AvgIpc) is 3.38. The Kier molecular flexibility index (Phi) is 9.41. The van der Waals surface area contributed by atoms with E-state index in [9.17, 15) is 18.4 Å². The smallest absolute Gasteiger partial charge is 0.371 e. The number of nitriles is 1. The zero-order chi connectivity index (χ0) is 26.5. The predicted molar refractivity (Wildman–Crippen MR) is 147 cm³/mol. The Morgan fingerprint density at radius 1 is 1.11 bits per heavy atom. The van der Waals surface area contributed by atoms with Crippen molar-refractivity contribution in [1.29, 1.82) is 5.26 Å². The Morgan fingerprint density at radius 2 is 1.78 bits per heavy atom. The van der Waals surface area contributed by atoms with Gasteiger partial charge in [0.1, 0.15) is 0 Å². The maximum Gasteiger partial charge on any atom is 0.389 e. The first-order valence-electron chi connectivity index (χ1n) is 13.9. The lowest BCUT2D eigenvalue weighted by Crippen LogP contribution is -2.53. The monoisotopic (exact) mass is 531 g/mol. The van der Waals surface area contributed by atoms with E-state index in [-0.39, 0.29) is 11.8 Å². The van der Waals surface area contributed by atoms with Gasteiger partial charge in [0.2, 0.25) is 0 Å². The molecular formula is C30H41F3N3P. The van der Waals surface area contributed by atoms with Crippen LogP contribution in [0.25, 0.3) is 0 Å². The highest BCUT2D eigenvalue weighted by Gasteiger charge is 2.49. The van der Waals surface area contributed by atoms with E-state index >= 15 is 0 Å². The summed E-state index contributed by atoms with van der Waals surface area (Å²) in [6.45, 7) is 6.97. The number of hydrogen-bond donors (Lipinski definition) is 0. The second kappa shape index (κ2) is 12.4. The van der Waals surface area contributed by atoms with Crippen LogP contribution in [0, 0.1) is 29.1 Å². The topological polar surface area (TPSA) is 30.3 Å². The van der Waals surface area contributed by atoms with E-state index < -0.39 is 12.6 Å². The number of likely N-dealkylation sites (tertiary alicyclic amines) is 2. The van der Waals surface area contributed by atoms with Crippen molar-refractivity contribution in [2.45, 2.75) is 69.9 Å². The van der Waals surface area contributed by atoms with Crippen LogP contribution >= 0.6 is 9.24 Å². The summed E-state index contributed by atoms with van der Waals surface area (Å²) in [5.41, 5.74) is 1.84. The van der Waals surface area contributed by atoms with Crippen LogP contribution in [0.4, 0.5) is 13.2 Å². The summed E-state index contributed by atoms with van der Waals surface area (Å²) >= 11 is 0. The maximum atomic E-state index is 12.4. The van der Waals surface area contributed by atoms with Gasteiger partial charge in [-0.05, 0) is 80.9 Å². The van der Waals surface area contributed by atoms with E-state index in [1.165, 1.54) is 18.4 Å². The van der Waals surface area contributed by atoms with Crippen LogP contribution < -0.4 is 5.30 Å². The minimum absolute atomic E-state index is 0.0273. The van der Waals surface area contributed by atoms with Crippen LogP contribution in [0.5, 0.6) is 0 Å². The Hall–Kier alpha value is -1.83. The normalized spacial score (nSPS) is 22.8. The molecule has 2 aliphatic heterocycles. The highest BCUT2D eigenvalue weighted by molar-refractivity contribution is 7.27. The van der Waals surface area contributed by atoms with Crippen molar-refractivity contribution in [3.8, 4) is 6.07 Å². The van der Waals surface area contributed by atoms with Gasteiger partial charge in [0.25, 0.3) is 0 Å². The van der Waals surface area contributed by atoms with Gasteiger partial charge in [0.15, 0.2) is 0 Å². The van der Waals surface area contributed by atoms with Crippen LogP contribution in [-0.4, -0.2) is 48.7 Å². The summed E-state index contributed by atoms with van der Waals surface area (Å²) in [5.74, 6) is 1.42. The second-order valence-corrected chi connectivity index (χ2v) is 11.9. The standard InChI is InChI=1S/C30H41F3N3P/c1-2-27(11-5-6-15-30(31,32)33)36-20-23(21-36)19-35-16-13-25(14-17-35)29(22-34,24-8-3-4-9-24)26-10-7-12-28(37)18-26/h2,5,7,10-12,18,23-25H,3-4,6,8-9,13-17,19-21,37H2,1H3/b11-5-,27-2+. The van der Waals surface area contributed by atoms with E-state index in [1.54, 1.807) is 6.08 Å². The van der Waals surface area contributed by atoms with E-state index in [1.807, 2.05) is 19.1 Å². The molecule has 3 nitrogen and oxygen atoms in total. The SMILES string of the molecule is C/C=C(\C=C/CCC(F)(F)F)N1CC(CN2CCC(C(C#N)(c3cccc(P)c3)C3CCCC3)CC2)C1. The Labute approximate surface area is 223 Å². The van der Waals surface area contributed by atoms with Crippen molar-refractivity contribution < 1.29 is 13.2 Å². The van der Waals surface area contributed by atoms with Crippen LogP contribution in [0.3, 0.4) is 0 Å². The molecule has 1 saturated carbocycles. The molecule has 0 aromatic heterocycles. The number of benzene rings is 1. The molecule has 37 heavy (non-hydrogen) atoms. The first-order chi connectivity index (χ1) is 17.7. The number of rotatable bonds is 9. The molecule has 1 aromatic carbocycles. The van der Waals surface area contributed by atoms with Crippen LogP contribution in [0.2, 0.25) is 0 Å². The highest BCUT2D eigenvalue weighted by Crippen LogP contribution is 2.50. The molecule has 2 saturated heterocycles. The number of nitrogens with zero attached hydrogens (tertiary/aromatic N) is 3. The molecule has 3 aliphatic rings. The number of hydrogen-bond acceptors (Lipinski definition) is 3. The molecule has 0 N–H and O–H groups in total. The first kappa shape index (κ1) is 28.2. The van der Waals surface area contributed by atoms with Gasteiger partial charge in [0, 0.05) is 37.7 Å². The fourth-order valence-electron chi connectivity index (χ4n) is 6.90. The summed E-state index contributed by atoms with van der Waals surface area (Å²) in [6.07, 6.45) is 7.52. The van der Waals surface area contributed by atoms with Gasteiger partial charge in [-0.3, -0.25) is 0 Å². The Bertz CT molecular complexity index is 994. The lowest BCUT2D eigenvalue weighted by atomic mass is 9.60. The largest absolute Gasteiger partial charge is 0.389 e. The molecular weight excluding hydrogens is 490 g/mol. The fourth-order valence-corrected chi connectivity index (χ4v) is 7.19. The summed E-state index contributed by atoms with van der Waals surface area (Å²) < 4.78 is 37.1. The molecule has 2 heterocycles. The number of allylic oxidation sites excluding steroid dienone is 3. The van der Waals surface area contributed by atoms with Crippen LogP contribution in [-0.2, 0) is 5.41 Å². The fraction of sp³-hybridized carbons (Fsp3) is 0.633. The Balaban J connectivity index is 1.30. The summed E-state index contributed by atoms with van der Waals surface area (Å²) in [6, 6.07) is 11.5. The van der Waals surface area contributed by atoms with Crippen molar-refractivity contribution in [2.24, 2.45) is 17.8 Å². The molecule has 7 heteroatoms. The molecule has 0 amide bonds. The lowest BCUT2D eigenvalue weighted by Gasteiger charge is -2.47. The molecule has 0 bridgehead atoms. The van der Waals surface area contributed by atoms with Crippen LogP contribution in [0.1, 0.15) is 63.9 Å². The summed E-state index contributed by atoms with van der Waals surface area (Å²) in [7, 11) is 2.80. The summed E-state index contributed by atoms with van der Waals surface area (Å²) in [4.78, 5) is 4.83. The predicted octanol–water partition coefficient (Wildman–Crippen LogP) is 6.58. The first-order valence-corrected chi connectivity index (χ1v) is 14.5. The van der Waals surface area contributed by atoms with E-state index in [0.29, 0.717) is 17.8 Å². The highest BCUT2D eigenvalue weighted by atomic mass is 31.0. The van der Waals surface area contributed by atoms with Gasteiger partial charge in [0.05, 0.1) is 11.5 Å².